The predicted octanol–water partition coefficient (Wildman–Crippen LogP) is 4.68. The Hall–Kier alpha value is -1.38. The van der Waals surface area contributed by atoms with E-state index in [9.17, 15) is 9.50 Å². The zero-order valence-corrected chi connectivity index (χ0v) is 12.6. The highest BCUT2D eigenvalue weighted by atomic mass is 35.5. The molecule has 20 heavy (non-hydrogen) atoms. The third-order valence-corrected chi connectivity index (χ3v) is 3.73. The number of aryl methyl sites for hydroxylation is 3. The summed E-state index contributed by atoms with van der Waals surface area (Å²) in [7, 11) is 0. The highest BCUT2D eigenvalue weighted by Gasteiger charge is 2.16. The molecule has 0 aromatic heterocycles. The van der Waals surface area contributed by atoms with Crippen LogP contribution in [0, 0.1) is 26.6 Å². The first kappa shape index (κ1) is 15.0. The van der Waals surface area contributed by atoms with Crippen molar-refractivity contribution in [1.82, 2.24) is 0 Å². The smallest absolute Gasteiger partial charge is 0.126 e. The molecule has 106 valence electrons. The van der Waals surface area contributed by atoms with E-state index in [1.54, 1.807) is 6.07 Å². The quantitative estimate of drug-likeness (QED) is 0.871. The molecule has 1 atom stereocenters. The number of hydrogen-bond donors (Lipinski definition) is 1. The Morgan fingerprint density at radius 2 is 1.70 bits per heavy atom. The second-order valence-corrected chi connectivity index (χ2v) is 5.70. The summed E-state index contributed by atoms with van der Waals surface area (Å²) in [5.74, 6) is -0.337. The number of aliphatic hydroxyl groups is 1. The summed E-state index contributed by atoms with van der Waals surface area (Å²) in [6.45, 7) is 5.95. The fourth-order valence-electron chi connectivity index (χ4n) is 2.73. The van der Waals surface area contributed by atoms with Gasteiger partial charge in [0.2, 0.25) is 0 Å². The molecule has 0 saturated carbocycles. The van der Waals surface area contributed by atoms with Gasteiger partial charge in [-0.1, -0.05) is 29.3 Å². The molecule has 2 aromatic carbocycles. The van der Waals surface area contributed by atoms with E-state index in [-0.39, 0.29) is 12.2 Å². The SMILES string of the molecule is Cc1cc(C)c(C(O)Cc2cc(Cl)ccc2F)c(C)c1. The minimum atomic E-state index is -0.733. The predicted molar refractivity (Wildman–Crippen MR) is 80.7 cm³/mol. The van der Waals surface area contributed by atoms with Crippen LogP contribution < -0.4 is 0 Å². The van der Waals surface area contributed by atoms with Crippen LogP contribution in [0.4, 0.5) is 4.39 Å². The molecule has 0 spiro atoms. The average Bonchev–Trinajstić information content (AvgIpc) is 2.32. The van der Waals surface area contributed by atoms with Crippen molar-refractivity contribution in [2.24, 2.45) is 0 Å². The Balaban J connectivity index is 2.33. The molecule has 0 heterocycles. The lowest BCUT2D eigenvalue weighted by molar-refractivity contribution is 0.175. The van der Waals surface area contributed by atoms with Gasteiger partial charge in [-0.05, 0) is 61.2 Å². The van der Waals surface area contributed by atoms with Gasteiger partial charge in [-0.25, -0.2) is 4.39 Å². The lowest BCUT2D eigenvalue weighted by Crippen LogP contribution is -2.08. The zero-order chi connectivity index (χ0) is 14.9. The van der Waals surface area contributed by atoms with Gasteiger partial charge in [0.05, 0.1) is 6.10 Å². The molecule has 0 aliphatic carbocycles. The molecule has 0 saturated heterocycles. The number of benzene rings is 2. The molecule has 2 aromatic rings. The second kappa shape index (κ2) is 5.94. The highest BCUT2D eigenvalue weighted by Crippen LogP contribution is 2.28. The Bertz CT molecular complexity index is 614. The van der Waals surface area contributed by atoms with Crippen LogP contribution in [0.3, 0.4) is 0 Å². The highest BCUT2D eigenvalue weighted by molar-refractivity contribution is 6.30. The van der Waals surface area contributed by atoms with Gasteiger partial charge in [-0.2, -0.15) is 0 Å². The molecule has 0 aliphatic rings. The van der Waals surface area contributed by atoms with E-state index in [2.05, 4.69) is 0 Å². The monoisotopic (exact) mass is 292 g/mol. The minimum Gasteiger partial charge on any atom is -0.388 e. The summed E-state index contributed by atoms with van der Waals surface area (Å²) in [5.41, 5.74) is 4.51. The standard InChI is InChI=1S/C17H18ClFO/c1-10-6-11(2)17(12(3)7-10)16(20)9-13-8-14(18)4-5-15(13)19/h4-8,16,20H,9H2,1-3H3. The molecule has 1 N–H and O–H groups in total. The van der Waals surface area contributed by atoms with Crippen molar-refractivity contribution in [2.75, 3.05) is 0 Å². The van der Waals surface area contributed by atoms with Gasteiger partial charge in [0.1, 0.15) is 5.82 Å². The summed E-state index contributed by atoms with van der Waals surface area (Å²) >= 11 is 5.88. The van der Waals surface area contributed by atoms with E-state index < -0.39 is 6.10 Å². The Morgan fingerprint density at radius 1 is 1.10 bits per heavy atom. The number of aliphatic hydroxyl groups excluding tert-OH is 1. The van der Waals surface area contributed by atoms with Crippen LogP contribution in [-0.4, -0.2) is 5.11 Å². The minimum absolute atomic E-state index is 0.219. The Labute approximate surface area is 124 Å². The molecule has 0 radical (unpaired) electrons. The lowest BCUT2D eigenvalue weighted by Gasteiger charge is -2.18. The maximum Gasteiger partial charge on any atom is 0.126 e. The Kier molecular flexibility index (Phi) is 4.46. The van der Waals surface area contributed by atoms with Crippen molar-refractivity contribution in [3.63, 3.8) is 0 Å². The molecule has 0 aliphatic heterocycles. The van der Waals surface area contributed by atoms with Crippen molar-refractivity contribution in [2.45, 2.75) is 33.3 Å². The fourth-order valence-corrected chi connectivity index (χ4v) is 2.92. The fraction of sp³-hybridized carbons (Fsp3) is 0.294. The van der Waals surface area contributed by atoms with Gasteiger partial charge in [0.15, 0.2) is 0 Å². The van der Waals surface area contributed by atoms with Gasteiger partial charge in [0, 0.05) is 11.4 Å². The topological polar surface area (TPSA) is 20.2 Å². The van der Waals surface area contributed by atoms with E-state index in [1.165, 1.54) is 12.1 Å². The van der Waals surface area contributed by atoms with E-state index in [0.29, 0.717) is 10.6 Å². The molecule has 1 nitrogen and oxygen atoms in total. The van der Waals surface area contributed by atoms with Crippen molar-refractivity contribution in [3.05, 3.63) is 69.0 Å². The van der Waals surface area contributed by atoms with Crippen LogP contribution in [0.2, 0.25) is 5.02 Å². The summed E-state index contributed by atoms with van der Waals surface area (Å²) in [5, 5.41) is 10.9. The normalized spacial score (nSPS) is 12.5. The van der Waals surface area contributed by atoms with Crippen LogP contribution in [-0.2, 0) is 6.42 Å². The van der Waals surface area contributed by atoms with Crippen molar-refractivity contribution in [1.29, 1.82) is 0 Å². The molecule has 0 bridgehead atoms. The third kappa shape index (κ3) is 3.20. The van der Waals surface area contributed by atoms with Crippen molar-refractivity contribution in [3.8, 4) is 0 Å². The van der Waals surface area contributed by atoms with Crippen LogP contribution >= 0.6 is 11.6 Å². The van der Waals surface area contributed by atoms with Gasteiger partial charge in [-0.15, -0.1) is 0 Å². The van der Waals surface area contributed by atoms with E-state index in [0.717, 1.165) is 22.3 Å². The average molecular weight is 293 g/mol. The van der Waals surface area contributed by atoms with Crippen molar-refractivity contribution >= 4 is 11.6 Å². The number of rotatable bonds is 3. The van der Waals surface area contributed by atoms with Crippen LogP contribution in [0.5, 0.6) is 0 Å². The van der Waals surface area contributed by atoms with Crippen molar-refractivity contribution < 1.29 is 9.50 Å². The molecule has 1 unspecified atom stereocenters. The van der Waals surface area contributed by atoms with Crippen LogP contribution in [0.25, 0.3) is 0 Å². The lowest BCUT2D eigenvalue weighted by atomic mass is 9.92. The summed E-state index contributed by atoms with van der Waals surface area (Å²) in [6.07, 6.45) is -0.513. The summed E-state index contributed by atoms with van der Waals surface area (Å²) in [6, 6.07) is 8.47. The largest absolute Gasteiger partial charge is 0.388 e. The zero-order valence-electron chi connectivity index (χ0n) is 11.9. The number of hydrogen-bond acceptors (Lipinski definition) is 1. The Morgan fingerprint density at radius 3 is 2.30 bits per heavy atom. The second-order valence-electron chi connectivity index (χ2n) is 5.27. The molecule has 2 rings (SSSR count). The first-order chi connectivity index (χ1) is 9.38. The summed E-state index contributed by atoms with van der Waals surface area (Å²) < 4.78 is 13.7. The summed E-state index contributed by atoms with van der Waals surface area (Å²) in [4.78, 5) is 0. The van der Waals surface area contributed by atoms with E-state index >= 15 is 0 Å². The van der Waals surface area contributed by atoms with E-state index in [4.69, 9.17) is 11.6 Å². The maximum absolute atomic E-state index is 13.7. The molecular formula is C17H18ClFO. The molecule has 0 amide bonds. The van der Waals surface area contributed by atoms with E-state index in [1.807, 2.05) is 32.9 Å². The third-order valence-electron chi connectivity index (χ3n) is 3.49. The van der Waals surface area contributed by atoms with Gasteiger partial charge >= 0.3 is 0 Å². The first-order valence-corrected chi connectivity index (χ1v) is 6.96. The van der Waals surface area contributed by atoms with Crippen LogP contribution in [0.15, 0.2) is 30.3 Å². The molecule has 3 heteroatoms. The van der Waals surface area contributed by atoms with Gasteiger partial charge < -0.3 is 5.11 Å². The van der Waals surface area contributed by atoms with Gasteiger partial charge in [-0.3, -0.25) is 0 Å². The van der Waals surface area contributed by atoms with Crippen LogP contribution in [0.1, 0.15) is 33.9 Å². The molecule has 0 fully saturated rings. The number of halogens is 2. The maximum atomic E-state index is 13.7. The molecular weight excluding hydrogens is 275 g/mol. The van der Waals surface area contributed by atoms with Gasteiger partial charge in [0.25, 0.3) is 0 Å². The first-order valence-electron chi connectivity index (χ1n) is 6.58.